The van der Waals surface area contributed by atoms with Gasteiger partial charge in [0.15, 0.2) is 0 Å². The molecule has 1 atom stereocenters. The minimum absolute atomic E-state index is 0.0164. The van der Waals surface area contributed by atoms with Crippen molar-refractivity contribution < 1.29 is 13.2 Å². The van der Waals surface area contributed by atoms with Crippen LogP contribution in [-0.2, 0) is 16.6 Å². The van der Waals surface area contributed by atoms with Crippen LogP contribution >= 0.6 is 23.2 Å². The van der Waals surface area contributed by atoms with E-state index in [1.165, 1.54) is 4.31 Å². The number of carbonyl (C=O) groups excluding carboxylic acids is 1. The van der Waals surface area contributed by atoms with Gasteiger partial charge in [0.25, 0.3) is 5.91 Å². The summed E-state index contributed by atoms with van der Waals surface area (Å²) in [6, 6.07) is 21.4. The third-order valence-corrected chi connectivity index (χ3v) is 6.97. The van der Waals surface area contributed by atoms with Gasteiger partial charge in [0, 0.05) is 27.7 Å². The predicted octanol–water partition coefficient (Wildman–Crippen LogP) is 5.49. The van der Waals surface area contributed by atoms with E-state index >= 15 is 0 Å². The van der Waals surface area contributed by atoms with Crippen LogP contribution in [-0.4, -0.2) is 27.1 Å². The Hall–Kier alpha value is -2.54. The second kappa shape index (κ2) is 10.4. The number of hydrogen-bond donors (Lipinski definition) is 1. The summed E-state index contributed by atoms with van der Waals surface area (Å²) in [5.74, 6) is -0.0556. The van der Waals surface area contributed by atoms with Gasteiger partial charge in [-0.2, -0.15) is 0 Å². The topological polar surface area (TPSA) is 66.5 Å². The zero-order valence-corrected chi connectivity index (χ0v) is 20.1. The summed E-state index contributed by atoms with van der Waals surface area (Å²) >= 11 is 12.4. The van der Waals surface area contributed by atoms with E-state index in [4.69, 9.17) is 23.2 Å². The highest BCUT2D eigenvalue weighted by Gasteiger charge is 2.21. The number of benzene rings is 3. The summed E-state index contributed by atoms with van der Waals surface area (Å²) in [5.41, 5.74) is 2.51. The number of hydrogen-bond acceptors (Lipinski definition) is 3. The van der Waals surface area contributed by atoms with E-state index in [-0.39, 0.29) is 18.4 Å². The molecule has 32 heavy (non-hydrogen) atoms. The van der Waals surface area contributed by atoms with Gasteiger partial charge < -0.3 is 5.32 Å². The summed E-state index contributed by atoms with van der Waals surface area (Å²) in [4.78, 5) is 12.6. The number of anilines is 1. The molecule has 8 heteroatoms. The molecule has 5 nitrogen and oxygen atoms in total. The maximum absolute atomic E-state index is 12.6. The third-order valence-electron chi connectivity index (χ3n) is 5.12. The Morgan fingerprint density at radius 3 is 2.09 bits per heavy atom. The number of halogens is 2. The highest BCUT2D eigenvalue weighted by atomic mass is 35.5. The normalized spacial score (nSPS) is 12.2. The lowest BCUT2D eigenvalue weighted by atomic mass is 10.0. The fourth-order valence-corrected chi connectivity index (χ4v) is 4.64. The number of sulfonamides is 1. The number of amides is 1. The van der Waals surface area contributed by atoms with Gasteiger partial charge in [-0.3, -0.25) is 9.10 Å². The molecule has 0 unspecified atom stereocenters. The average Bonchev–Trinajstić information content (AvgIpc) is 2.77. The first kappa shape index (κ1) is 24.1. The van der Waals surface area contributed by atoms with E-state index in [2.05, 4.69) is 5.32 Å². The monoisotopic (exact) mass is 490 g/mol. The summed E-state index contributed by atoms with van der Waals surface area (Å²) in [7, 11) is -3.62. The van der Waals surface area contributed by atoms with Gasteiger partial charge in [-0.15, -0.1) is 0 Å². The quantitative estimate of drug-likeness (QED) is 0.453. The Morgan fingerprint density at radius 2 is 1.53 bits per heavy atom. The average molecular weight is 491 g/mol. The first-order chi connectivity index (χ1) is 15.2. The first-order valence-corrected chi connectivity index (χ1v) is 12.6. The van der Waals surface area contributed by atoms with Crippen LogP contribution in [0.25, 0.3) is 0 Å². The lowest BCUT2D eigenvalue weighted by Crippen LogP contribution is -2.30. The molecule has 0 aliphatic heterocycles. The number of nitrogens with zero attached hydrogens (tertiary/aromatic N) is 1. The molecule has 3 aromatic carbocycles. The van der Waals surface area contributed by atoms with E-state index in [1.54, 1.807) is 42.5 Å². The van der Waals surface area contributed by atoms with E-state index in [1.807, 2.05) is 37.3 Å². The molecule has 1 amide bonds. The van der Waals surface area contributed by atoms with E-state index in [0.717, 1.165) is 11.8 Å². The van der Waals surface area contributed by atoms with E-state index in [9.17, 15) is 13.2 Å². The van der Waals surface area contributed by atoms with Crippen molar-refractivity contribution in [2.24, 2.45) is 0 Å². The molecule has 3 aromatic rings. The first-order valence-electron chi connectivity index (χ1n) is 10.0. The molecule has 0 heterocycles. The second-order valence-electron chi connectivity index (χ2n) is 7.54. The third kappa shape index (κ3) is 6.03. The van der Waals surface area contributed by atoms with Crippen LogP contribution in [0.3, 0.4) is 0 Å². The van der Waals surface area contributed by atoms with Crippen molar-refractivity contribution in [3.63, 3.8) is 0 Å². The Balaban J connectivity index is 1.73. The fraction of sp³-hybridized carbons (Fsp3) is 0.208. The molecule has 0 saturated heterocycles. The molecule has 0 saturated carbocycles. The minimum Gasteiger partial charge on any atom is -0.351 e. The molecule has 0 spiro atoms. The molecule has 168 valence electrons. The molecule has 0 bridgehead atoms. The lowest BCUT2D eigenvalue weighted by Gasteiger charge is -2.24. The van der Waals surface area contributed by atoms with Crippen LogP contribution in [0.15, 0.2) is 72.8 Å². The molecule has 1 N–H and O–H groups in total. The van der Waals surface area contributed by atoms with Crippen molar-refractivity contribution in [1.82, 2.24) is 5.32 Å². The fourth-order valence-electron chi connectivity index (χ4n) is 3.25. The molecular weight excluding hydrogens is 467 g/mol. The Morgan fingerprint density at radius 1 is 0.938 bits per heavy atom. The van der Waals surface area contributed by atoms with Crippen LogP contribution in [0, 0.1) is 0 Å². The van der Waals surface area contributed by atoms with E-state index < -0.39 is 10.0 Å². The maximum Gasteiger partial charge on any atom is 0.251 e. The largest absolute Gasteiger partial charge is 0.351 e. The summed E-state index contributed by atoms with van der Waals surface area (Å²) < 4.78 is 26.1. The van der Waals surface area contributed by atoms with Gasteiger partial charge in [0.1, 0.15) is 0 Å². The molecule has 0 fully saturated rings. The summed E-state index contributed by atoms with van der Waals surface area (Å²) in [6.45, 7) is 2.52. The second-order valence-corrected chi connectivity index (χ2v) is 10.3. The SMILES string of the molecule is C[C@H](CNC(=O)c1ccc(N(Cc2c(Cl)cccc2Cl)S(C)(=O)=O)cc1)c1ccccc1. The standard InChI is InChI=1S/C24H24Cl2N2O3S/c1-17(18-7-4-3-5-8-18)15-27-24(29)19-11-13-20(14-12-19)28(32(2,30)31)16-21-22(25)9-6-10-23(21)26/h3-14,17H,15-16H2,1-2H3,(H,27,29)/t17-/m1/s1. The zero-order valence-electron chi connectivity index (χ0n) is 17.8. The number of nitrogens with one attached hydrogen (secondary N) is 1. The molecule has 3 rings (SSSR count). The number of rotatable bonds is 8. The predicted molar refractivity (Wildman–Crippen MR) is 131 cm³/mol. The van der Waals surface area contributed by atoms with Crippen LogP contribution in [0.4, 0.5) is 5.69 Å². The van der Waals surface area contributed by atoms with Gasteiger partial charge in [-0.05, 0) is 47.9 Å². The van der Waals surface area contributed by atoms with Gasteiger partial charge >= 0.3 is 0 Å². The maximum atomic E-state index is 12.6. The van der Waals surface area contributed by atoms with Crippen molar-refractivity contribution in [3.8, 4) is 0 Å². The zero-order chi connectivity index (χ0) is 23.3. The van der Waals surface area contributed by atoms with Gasteiger partial charge in [0.05, 0.1) is 18.5 Å². The van der Waals surface area contributed by atoms with E-state index in [0.29, 0.717) is 33.4 Å². The minimum atomic E-state index is -3.62. The summed E-state index contributed by atoms with van der Waals surface area (Å²) in [6.07, 6.45) is 1.11. The Bertz CT molecular complexity index is 1160. The van der Waals surface area contributed by atoms with Gasteiger partial charge in [-0.1, -0.05) is 66.5 Å². The highest BCUT2D eigenvalue weighted by Crippen LogP contribution is 2.29. The van der Waals surface area contributed by atoms with Gasteiger partial charge in [0.2, 0.25) is 10.0 Å². The molecule has 0 radical (unpaired) electrons. The van der Waals surface area contributed by atoms with Crippen LogP contribution < -0.4 is 9.62 Å². The summed E-state index contributed by atoms with van der Waals surface area (Å²) in [5, 5.41) is 3.69. The van der Waals surface area contributed by atoms with Crippen molar-refractivity contribution in [2.45, 2.75) is 19.4 Å². The number of carbonyl (C=O) groups is 1. The highest BCUT2D eigenvalue weighted by molar-refractivity contribution is 7.92. The molecular formula is C24H24Cl2N2O3S. The molecule has 0 aliphatic rings. The Kier molecular flexibility index (Phi) is 7.82. The van der Waals surface area contributed by atoms with Gasteiger partial charge in [-0.25, -0.2) is 8.42 Å². The van der Waals surface area contributed by atoms with Crippen LogP contribution in [0.2, 0.25) is 10.0 Å². The van der Waals surface area contributed by atoms with Crippen molar-refractivity contribution in [3.05, 3.63) is 99.5 Å². The Labute approximate surface area is 199 Å². The van der Waals surface area contributed by atoms with Crippen molar-refractivity contribution in [1.29, 1.82) is 0 Å². The van der Waals surface area contributed by atoms with Crippen molar-refractivity contribution in [2.75, 3.05) is 17.1 Å². The smallest absolute Gasteiger partial charge is 0.251 e. The molecule has 0 aromatic heterocycles. The van der Waals surface area contributed by atoms with Crippen LogP contribution in [0.5, 0.6) is 0 Å². The molecule has 0 aliphatic carbocycles. The lowest BCUT2D eigenvalue weighted by molar-refractivity contribution is 0.0951. The van der Waals surface area contributed by atoms with Crippen LogP contribution in [0.1, 0.15) is 34.3 Å². The van der Waals surface area contributed by atoms with Crippen molar-refractivity contribution >= 4 is 44.8 Å².